The van der Waals surface area contributed by atoms with Crippen molar-refractivity contribution >= 4 is 47.6 Å². The summed E-state index contributed by atoms with van der Waals surface area (Å²) in [6.45, 7) is 7.92. The van der Waals surface area contributed by atoms with E-state index in [2.05, 4.69) is 40.7 Å². The summed E-state index contributed by atoms with van der Waals surface area (Å²) in [4.78, 5) is 29.3. The van der Waals surface area contributed by atoms with Gasteiger partial charge in [-0.05, 0) is 37.6 Å². The van der Waals surface area contributed by atoms with E-state index in [-0.39, 0.29) is 36.0 Å². The Labute approximate surface area is 200 Å². The SMILES string of the molecule is CN=C(NCc1ccc(NC(=O)NC(C)C)cc1)N1CCN(c2ncccn2)CC1.I. The van der Waals surface area contributed by atoms with E-state index in [1.54, 1.807) is 19.4 Å². The van der Waals surface area contributed by atoms with Gasteiger partial charge < -0.3 is 25.8 Å². The maximum absolute atomic E-state index is 11.8. The van der Waals surface area contributed by atoms with Crippen molar-refractivity contribution in [3.63, 3.8) is 0 Å². The summed E-state index contributed by atoms with van der Waals surface area (Å²) in [5.41, 5.74) is 1.88. The molecule has 0 aliphatic carbocycles. The quantitative estimate of drug-likeness (QED) is 0.308. The fourth-order valence-corrected chi connectivity index (χ4v) is 3.22. The molecule has 9 nitrogen and oxygen atoms in total. The Balaban J connectivity index is 0.00000341. The predicted octanol–water partition coefficient (Wildman–Crippen LogP) is 2.52. The van der Waals surface area contributed by atoms with Gasteiger partial charge in [-0.2, -0.15) is 0 Å². The van der Waals surface area contributed by atoms with E-state index >= 15 is 0 Å². The summed E-state index contributed by atoms with van der Waals surface area (Å²) in [6, 6.07) is 9.52. The fraction of sp³-hybridized carbons (Fsp3) is 0.429. The van der Waals surface area contributed by atoms with Crippen molar-refractivity contribution < 1.29 is 4.79 Å². The molecule has 1 aromatic heterocycles. The molecule has 3 N–H and O–H groups in total. The molecule has 2 amide bonds. The number of carbonyl (C=O) groups excluding carboxylic acids is 1. The number of anilines is 2. The van der Waals surface area contributed by atoms with Crippen LogP contribution in [0.1, 0.15) is 19.4 Å². The van der Waals surface area contributed by atoms with E-state index in [1.165, 1.54) is 0 Å². The van der Waals surface area contributed by atoms with Crippen molar-refractivity contribution in [3.05, 3.63) is 48.3 Å². The molecule has 0 unspecified atom stereocenters. The first-order chi connectivity index (χ1) is 14.5. The van der Waals surface area contributed by atoms with Crippen LogP contribution in [-0.4, -0.2) is 66.1 Å². The second-order valence-corrected chi connectivity index (χ2v) is 7.37. The molecular formula is C21H31IN8O. The van der Waals surface area contributed by atoms with E-state index in [0.717, 1.165) is 49.3 Å². The average Bonchev–Trinajstić information content (AvgIpc) is 2.76. The van der Waals surface area contributed by atoms with E-state index in [0.29, 0.717) is 6.54 Å². The van der Waals surface area contributed by atoms with Crippen molar-refractivity contribution in [2.24, 2.45) is 4.99 Å². The highest BCUT2D eigenvalue weighted by Gasteiger charge is 2.20. The number of halogens is 1. The fourth-order valence-electron chi connectivity index (χ4n) is 3.22. The maximum atomic E-state index is 11.8. The summed E-state index contributed by atoms with van der Waals surface area (Å²) < 4.78 is 0. The smallest absolute Gasteiger partial charge is 0.319 e. The number of nitrogens with one attached hydrogen (secondary N) is 3. The first-order valence-electron chi connectivity index (χ1n) is 10.2. The molecule has 2 heterocycles. The van der Waals surface area contributed by atoms with Crippen LogP contribution in [-0.2, 0) is 6.54 Å². The van der Waals surface area contributed by atoms with Gasteiger partial charge in [-0.25, -0.2) is 14.8 Å². The molecule has 1 fully saturated rings. The van der Waals surface area contributed by atoms with Gasteiger partial charge in [0, 0.05) is 63.9 Å². The molecule has 0 atom stereocenters. The highest BCUT2D eigenvalue weighted by molar-refractivity contribution is 14.0. The van der Waals surface area contributed by atoms with Crippen LogP contribution in [0.4, 0.5) is 16.4 Å². The average molecular weight is 538 g/mol. The van der Waals surface area contributed by atoms with Gasteiger partial charge in [0.25, 0.3) is 0 Å². The minimum absolute atomic E-state index is 0. The van der Waals surface area contributed by atoms with Gasteiger partial charge in [0.05, 0.1) is 0 Å². The zero-order chi connectivity index (χ0) is 21.3. The molecule has 3 rings (SSSR count). The third-order valence-corrected chi connectivity index (χ3v) is 4.71. The summed E-state index contributed by atoms with van der Waals surface area (Å²) in [6.07, 6.45) is 3.54. The Morgan fingerprint density at radius 1 is 1.10 bits per heavy atom. The number of amides is 2. The lowest BCUT2D eigenvalue weighted by atomic mass is 10.2. The van der Waals surface area contributed by atoms with Crippen molar-refractivity contribution in [3.8, 4) is 0 Å². The molecule has 31 heavy (non-hydrogen) atoms. The number of nitrogens with zero attached hydrogens (tertiary/aromatic N) is 5. The molecule has 2 aromatic rings. The zero-order valence-electron chi connectivity index (χ0n) is 18.2. The lowest BCUT2D eigenvalue weighted by Gasteiger charge is -2.36. The number of aliphatic imine (C=N–C) groups is 1. The molecular weight excluding hydrogens is 507 g/mol. The lowest BCUT2D eigenvalue weighted by Crippen LogP contribution is -2.52. The van der Waals surface area contributed by atoms with Crippen LogP contribution in [0.3, 0.4) is 0 Å². The van der Waals surface area contributed by atoms with Crippen LogP contribution in [0.5, 0.6) is 0 Å². The Kier molecular flexibility index (Phi) is 9.76. The van der Waals surface area contributed by atoms with Crippen molar-refractivity contribution in [1.29, 1.82) is 0 Å². The molecule has 0 saturated carbocycles. The second-order valence-electron chi connectivity index (χ2n) is 7.37. The van der Waals surface area contributed by atoms with Crippen molar-refractivity contribution in [2.45, 2.75) is 26.4 Å². The Morgan fingerprint density at radius 3 is 2.32 bits per heavy atom. The zero-order valence-corrected chi connectivity index (χ0v) is 20.5. The summed E-state index contributed by atoms with van der Waals surface area (Å²) >= 11 is 0. The summed E-state index contributed by atoms with van der Waals surface area (Å²) in [7, 11) is 1.80. The van der Waals surface area contributed by atoms with Crippen LogP contribution >= 0.6 is 24.0 Å². The first kappa shape index (κ1) is 24.6. The number of hydrogen-bond acceptors (Lipinski definition) is 5. The molecule has 1 aromatic carbocycles. The minimum Gasteiger partial charge on any atom is -0.352 e. The number of guanidine groups is 1. The molecule has 10 heteroatoms. The predicted molar refractivity (Wildman–Crippen MR) is 135 cm³/mol. The van der Waals surface area contributed by atoms with Gasteiger partial charge >= 0.3 is 6.03 Å². The minimum atomic E-state index is -0.198. The molecule has 0 bridgehead atoms. The number of aromatic nitrogens is 2. The van der Waals surface area contributed by atoms with E-state index < -0.39 is 0 Å². The third-order valence-electron chi connectivity index (χ3n) is 4.71. The van der Waals surface area contributed by atoms with Gasteiger partial charge in [-0.1, -0.05) is 12.1 Å². The summed E-state index contributed by atoms with van der Waals surface area (Å²) in [5.74, 6) is 1.65. The normalized spacial score (nSPS) is 14.1. The highest BCUT2D eigenvalue weighted by atomic mass is 127. The van der Waals surface area contributed by atoms with Crippen molar-refractivity contribution in [2.75, 3.05) is 43.4 Å². The Hall–Kier alpha value is -2.63. The van der Waals surface area contributed by atoms with Crippen LogP contribution < -0.4 is 20.9 Å². The number of benzene rings is 1. The second kappa shape index (κ2) is 12.3. The highest BCUT2D eigenvalue weighted by Crippen LogP contribution is 2.11. The molecule has 0 radical (unpaired) electrons. The maximum Gasteiger partial charge on any atom is 0.319 e. The van der Waals surface area contributed by atoms with E-state index in [9.17, 15) is 4.79 Å². The van der Waals surface area contributed by atoms with Gasteiger partial charge in [-0.3, -0.25) is 4.99 Å². The van der Waals surface area contributed by atoms with E-state index in [1.807, 2.05) is 44.2 Å². The standard InChI is InChI=1S/C21H30N8O.HI/c1-16(2)26-21(30)27-18-7-5-17(6-8-18)15-25-19(22-3)28-11-13-29(14-12-28)20-23-9-4-10-24-20;/h4-10,16H,11-15H2,1-3H3,(H,22,25)(H2,26,27,30);1H. The number of rotatable bonds is 5. The number of carbonyl (C=O) groups is 1. The van der Waals surface area contributed by atoms with Crippen molar-refractivity contribution in [1.82, 2.24) is 25.5 Å². The van der Waals surface area contributed by atoms with Gasteiger partial charge in [0.15, 0.2) is 5.96 Å². The number of hydrogen-bond donors (Lipinski definition) is 3. The monoisotopic (exact) mass is 538 g/mol. The van der Waals surface area contributed by atoms with Gasteiger partial charge in [-0.15, -0.1) is 24.0 Å². The number of urea groups is 1. The van der Waals surface area contributed by atoms with E-state index in [4.69, 9.17) is 0 Å². The van der Waals surface area contributed by atoms with Gasteiger partial charge in [0.2, 0.25) is 5.95 Å². The molecule has 1 saturated heterocycles. The Bertz CT molecular complexity index is 836. The first-order valence-corrected chi connectivity index (χ1v) is 10.2. The topological polar surface area (TPSA) is 97.8 Å². The molecule has 0 spiro atoms. The van der Waals surface area contributed by atoms with Crippen LogP contribution in [0.15, 0.2) is 47.7 Å². The molecule has 1 aliphatic heterocycles. The Morgan fingerprint density at radius 2 is 1.74 bits per heavy atom. The largest absolute Gasteiger partial charge is 0.352 e. The summed E-state index contributed by atoms with van der Waals surface area (Å²) in [5, 5.41) is 9.06. The molecule has 1 aliphatic rings. The lowest BCUT2D eigenvalue weighted by molar-refractivity contribution is 0.250. The molecule has 168 valence electrons. The number of piperazine rings is 1. The van der Waals surface area contributed by atoms with Crippen LogP contribution in [0, 0.1) is 0 Å². The van der Waals surface area contributed by atoms with Crippen LogP contribution in [0.2, 0.25) is 0 Å². The third kappa shape index (κ3) is 7.53. The van der Waals surface area contributed by atoms with Gasteiger partial charge in [0.1, 0.15) is 0 Å². The van der Waals surface area contributed by atoms with Crippen LogP contribution in [0.25, 0.3) is 0 Å².